The van der Waals surface area contributed by atoms with Gasteiger partial charge in [-0.05, 0) is 30.2 Å². The van der Waals surface area contributed by atoms with Gasteiger partial charge in [-0.25, -0.2) is 0 Å². The van der Waals surface area contributed by atoms with Crippen LogP contribution in [0.5, 0.6) is 0 Å². The number of aliphatic carboxylic acids is 1. The number of rotatable bonds is 4. The van der Waals surface area contributed by atoms with Crippen molar-refractivity contribution in [2.45, 2.75) is 13.8 Å². The highest BCUT2D eigenvalue weighted by molar-refractivity contribution is 9.10. The van der Waals surface area contributed by atoms with Gasteiger partial charge in [0.1, 0.15) is 0 Å². The first-order chi connectivity index (χ1) is 9.88. The topological polar surface area (TPSA) is 57.6 Å². The summed E-state index contributed by atoms with van der Waals surface area (Å²) in [5.74, 6) is -1.21. The minimum atomic E-state index is -0.800. The van der Waals surface area contributed by atoms with Crippen LogP contribution in [0, 0.1) is 18.8 Å². The standard InChI is InChI=1S/C16H18BrNO3/c1-10-3-4-12(14(17)7-10)5-6-15(19)18-8-13(9-18)11(2)16(20)21/h3-7,11,13H,8-9H2,1-2H3,(H,20,21)/b6-5+. The number of benzene rings is 1. The molecule has 1 amide bonds. The second kappa shape index (κ2) is 6.43. The molecule has 0 aliphatic carbocycles. The van der Waals surface area contributed by atoms with Crippen molar-refractivity contribution in [2.75, 3.05) is 13.1 Å². The van der Waals surface area contributed by atoms with Crippen molar-refractivity contribution in [3.05, 3.63) is 39.9 Å². The van der Waals surface area contributed by atoms with E-state index in [9.17, 15) is 9.59 Å². The minimum absolute atomic E-state index is 0.0611. The number of aryl methyl sites for hydroxylation is 1. The van der Waals surface area contributed by atoms with Crippen molar-refractivity contribution in [3.8, 4) is 0 Å². The zero-order chi connectivity index (χ0) is 15.6. The van der Waals surface area contributed by atoms with Crippen LogP contribution in [0.2, 0.25) is 0 Å². The lowest BCUT2D eigenvalue weighted by atomic mass is 9.87. The lowest BCUT2D eigenvalue weighted by Gasteiger charge is -2.40. The zero-order valence-corrected chi connectivity index (χ0v) is 13.6. The molecule has 1 aromatic carbocycles. The quantitative estimate of drug-likeness (QED) is 0.848. The van der Waals surface area contributed by atoms with E-state index in [1.807, 2.05) is 25.1 Å². The third-order valence-electron chi connectivity index (χ3n) is 3.88. The van der Waals surface area contributed by atoms with Crippen molar-refractivity contribution in [3.63, 3.8) is 0 Å². The first kappa shape index (κ1) is 15.8. The van der Waals surface area contributed by atoms with E-state index in [2.05, 4.69) is 15.9 Å². The molecule has 21 heavy (non-hydrogen) atoms. The fourth-order valence-electron chi connectivity index (χ4n) is 2.24. The lowest BCUT2D eigenvalue weighted by Crippen LogP contribution is -2.53. The molecule has 4 nitrogen and oxygen atoms in total. The van der Waals surface area contributed by atoms with Gasteiger partial charge in [0, 0.05) is 29.6 Å². The number of amides is 1. The Labute approximate surface area is 132 Å². The number of hydrogen-bond donors (Lipinski definition) is 1. The van der Waals surface area contributed by atoms with E-state index >= 15 is 0 Å². The molecule has 1 aromatic rings. The number of carboxylic acid groups (broad SMARTS) is 1. The smallest absolute Gasteiger partial charge is 0.306 e. The lowest BCUT2D eigenvalue weighted by molar-refractivity contribution is -0.148. The molecule has 2 rings (SSSR count). The maximum Gasteiger partial charge on any atom is 0.306 e. The molecule has 1 fully saturated rings. The summed E-state index contributed by atoms with van der Waals surface area (Å²) in [6.07, 6.45) is 3.32. The number of carboxylic acids is 1. The molecule has 0 saturated carbocycles. The third kappa shape index (κ3) is 3.73. The van der Waals surface area contributed by atoms with Crippen molar-refractivity contribution in [1.29, 1.82) is 0 Å². The summed E-state index contributed by atoms with van der Waals surface area (Å²) >= 11 is 3.47. The SMILES string of the molecule is Cc1ccc(/C=C/C(=O)N2CC(C(C)C(=O)O)C2)c(Br)c1. The second-order valence-corrected chi connectivity index (χ2v) is 6.34. The predicted octanol–water partition coefficient (Wildman–Crippen LogP) is 2.95. The molecule has 0 aromatic heterocycles. The average Bonchev–Trinajstić information content (AvgIpc) is 2.35. The van der Waals surface area contributed by atoms with Gasteiger partial charge in [-0.3, -0.25) is 9.59 Å². The van der Waals surface area contributed by atoms with Crippen molar-refractivity contribution in [2.24, 2.45) is 11.8 Å². The van der Waals surface area contributed by atoms with Crippen LogP contribution in [0.15, 0.2) is 28.7 Å². The number of carbonyl (C=O) groups is 2. The average molecular weight is 352 g/mol. The van der Waals surface area contributed by atoms with Gasteiger partial charge >= 0.3 is 5.97 Å². The summed E-state index contributed by atoms with van der Waals surface area (Å²) < 4.78 is 0.951. The Hall–Kier alpha value is -1.62. The monoisotopic (exact) mass is 351 g/mol. The Morgan fingerprint density at radius 3 is 2.67 bits per heavy atom. The highest BCUT2D eigenvalue weighted by atomic mass is 79.9. The van der Waals surface area contributed by atoms with Crippen LogP contribution in [0.4, 0.5) is 0 Å². The Morgan fingerprint density at radius 1 is 1.43 bits per heavy atom. The molecular weight excluding hydrogens is 334 g/mol. The van der Waals surface area contributed by atoms with Gasteiger partial charge in [0.05, 0.1) is 5.92 Å². The van der Waals surface area contributed by atoms with Gasteiger partial charge in [0.25, 0.3) is 0 Å². The molecule has 112 valence electrons. The van der Waals surface area contributed by atoms with Crippen LogP contribution in [-0.4, -0.2) is 35.0 Å². The van der Waals surface area contributed by atoms with E-state index in [1.54, 1.807) is 17.9 Å². The molecule has 0 radical (unpaired) electrons. The van der Waals surface area contributed by atoms with E-state index in [1.165, 1.54) is 6.08 Å². The molecule has 5 heteroatoms. The highest BCUT2D eigenvalue weighted by Gasteiger charge is 2.36. The van der Waals surface area contributed by atoms with Gasteiger partial charge in [-0.1, -0.05) is 35.0 Å². The number of halogens is 1. The summed E-state index contributed by atoms with van der Waals surface area (Å²) in [7, 11) is 0. The molecule has 0 spiro atoms. The number of hydrogen-bond acceptors (Lipinski definition) is 2. The molecule has 1 aliphatic heterocycles. The molecule has 1 atom stereocenters. The summed E-state index contributed by atoms with van der Waals surface area (Å²) in [5.41, 5.74) is 2.10. The van der Waals surface area contributed by atoms with Gasteiger partial charge in [-0.15, -0.1) is 0 Å². The van der Waals surface area contributed by atoms with Crippen molar-refractivity contribution in [1.82, 2.24) is 4.90 Å². The van der Waals surface area contributed by atoms with Crippen LogP contribution in [0.1, 0.15) is 18.1 Å². The largest absolute Gasteiger partial charge is 0.481 e. The maximum absolute atomic E-state index is 12.0. The molecule has 1 saturated heterocycles. The fraction of sp³-hybridized carbons (Fsp3) is 0.375. The van der Waals surface area contributed by atoms with Crippen molar-refractivity contribution < 1.29 is 14.7 Å². The van der Waals surface area contributed by atoms with E-state index < -0.39 is 11.9 Å². The summed E-state index contributed by atoms with van der Waals surface area (Å²) in [6, 6.07) is 5.94. The first-order valence-corrected chi connectivity index (χ1v) is 7.63. The normalized spacial score (nSPS) is 16.8. The van der Waals surface area contributed by atoms with Gasteiger partial charge < -0.3 is 10.0 Å². The molecule has 1 heterocycles. The zero-order valence-electron chi connectivity index (χ0n) is 12.0. The van der Waals surface area contributed by atoms with Gasteiger partial charge in [-0.2, -0.15) is 0 Å². The van der Waals surface area contributed by atoms with E-state index in [-0.39, 0.29) is 11.8 Å². The second-order valence-electron chi connectivity index (χ2n) is 5.49. The van der Waals surface area contributed by atoms with Crippen LogP contribution < -0.4 is 0 Å². The fourth-order valence-corrected chi connectivity index (χ4v) is 2.87. The van der Waals surface area contributed by atoms with Crippen LogP contribution >= 0.6 is 15.9 Å². The molecule has 1 N–H and O–H groups in total. The maximum atomic E-state index is 12.0. The Morgan fingerprint density at radius 2 is 2.10 bits per heavy atom. The van der Waals surface area contributed by atoms with Crippen molar-refractivity contribution >= 4 is 33.9 Å². The van der Waals surface area contributed by atoms with E-state index in [4.69, 9.17) is 5.11 Å². The molecular formula is C16H18BrNO3. The summed E-state index contributed by atoms with van der Waals surface area (Å²) in [4.78, 5) is 24.5. The highest BCUT2D eigenvalue weighted by Crippen LogP contribution is 2.25. The van der Waals surface area contributed by atoms with Gasteiger partial charge in [0.15, 0.2) is 0 Å². The third-order valence-corrected chi connectivity index (χ3v) is 4.57. The Bertz CT molecular complexity index is 591. The number of carbonyl (C=O) groups excluding carboxylic acids is 1. The number of nitrogens with zero attached hydrogens (tertiary/aromatic N) is 1. The molecule has 1 unspecified atom stereocenters. The van der Waals surface area contributed by atoms with Crippen LogP contribution in [0.3, 0.4) is 0 Å². The first-order valence-electron chi connectivity index (χ1n) is 6.84. The summed E-state index contributed by atoms with van der Waals surface area (Å²) in [6.45, 7) is 4.73. The van der Waals surface area contributed by atoms with Crippen LogP contribution in [-0.2, 0) is 9.59 Å². The van der Waals surface area contributed by atoms with E-state index in [0.717, 1.165) is 15.6 Å². The number of likely N-dealkylation sites (tertiary alicyclic amines) is 1. The summed E-state index contributed by atoms with van der Waals surface area (Å²) in [5, 5.41) is 8.92. The van der Waals surface area contributed by atoms with Crippen LogP contribution in [0.25, 0.3) is 6.08 Å². The van der Waals surface area contributed by atoms with Gasteiger partial charge in [0.2, 0.25) is 5.91 Å². The van der Waals surface area contributed by atoms with E-state index in [0.29, 0.717) is 13.1 Å². The minimum Gasteiger partial charge on any atom is -0.481 e. The predicted molar refractivity (Wildman–Crippen MR) is 84.8 cm³/mol. The Kier molecular flexibility index (Phi) is 4.83. The molecule has 0 bridgehead atoms. The molecule has 1 aliphatic rings. The Balaban J connectivity index is 1.91.